The molecule has 0 saturated heterocycles. The van der Waals surface area contributed by atoms with Gasteiger partial charge in [0.15, 0.2) is 0 Å². The summed E-state index contributed by atoms with van der Waals surface area (Å²) in [4.78, 5) is 26.2. The Morgan fingerprint density at radius 3 is 2.39 bits per heavy atom. The van der Waals surface area contributed by atoms with Gasteiger partial charge in [0.1, 0.15) is 17.5 Å². The quantitative estimate of drug-likeness (QED) is 0.422. The fourth-order valence-electron chi connectivity index (χ4n) is 3.45. The van der Waals surface area contributed by atoms with Crippen LogP contribution in [0.1, 0.15) is 22.7 Å². The van der Waals surface area contributed by atoms with E-state index in [0.29, 0.717) is 6.54 Å². The Morgan fingerprint density at radius 2 is 1.77 bits per heavy atom. The molecule has 0 spiro atoms. The van der Waals surface area contributed by atoms with Crippen LogP contribution in [-0.4, -0.2) is 29.9 Å². The van der Waals surface area contributed by atoms with Gasteiger partial charge in [-0.1, -0.05) is 48.5 Å². The minimum atomic E-state index is -0.635. The van der Waals surface area contributed by atoms with Crippen molar-refractivity contribution in [2.75, 3.05) is 19.5 Å². The van der Waals surface area contributed by atoms with Gasteiger partial charge in [-0.15, -0.1) is 0 Å². The Hall–Kier alpha value is -3.71. The van der Waals surface area contributed by atoms with Crippen molar-refractivity contribution in [3.8, 4) is 5.75 Å². The summed E-state index contributed by atoms with van der Waals surface area (Å²) in [7, 11) is 3.46. The highest BCUT2D eigenvalue weighted by Gasteiger charge is 2.27. The number of benzene rings is 3. The number of methoxy groups -OCH3 is 1. The molecular weight excluding hydrogens is 394 g/mol. The molecule has 31 heavy (non-hydrogen) atoms. The van der Waals surface area contributed by atoms with E-state index in [4.69, 9.17) is 4.74 Å². The Labute approximate surface area is 181 Å². The number of carbonyl (C=O) groups excluding carboxylic acids is 1. The first-order valence-electron chi connectivity index (χ1n) is 9.83. The van der Waals surface area contributed by atoms with Crippen LogP contribution < -0.4 is 10.1 Å². The molecule has 0 aliphatic heterocycles. The number of rotatable bonds is 8. The number of ether oxygens (including phenoxy) is 1. The number of likely N-dealkylation sites (N-methyl/N-ethyl adjacent to an activating group) is 1. The number of hydrogen-bond donors (Lipinski definition) is 1. The van der Waals surface area contributed by atoms with E-state index in [1.54, 1.807) is 26.2 Å². The molecule has 3 aromatic rings. The minimum Gasteiger partial charge on any atom is -0.497 e. The first-order chi connectivity index (χ1) is 14.9. The van der Waals surface area contributed by atoms with Crippen molar-refractivity contribution < 1.29 is 14.5 Å². The summed E-state index contributed by atoms with van der Waals surface area (Å²) in [6, 6.07) is 21.1. The highest BCUT2D eigenvalue weighted by molar-refractivity contribution is 5.97. The van der Waals surface area contributed by atoms with Gasteiger partial charge in [-0.05, 0) is 48.9 Å². The third kappa shape index (κ3) is 5.46. The maximum Gasteiger partial charge on any atom is 0.293 e. The first-order valence-corrected chi connectivity index (χ1v) is 9.83. The van der Waals surface area contributed by atoms with Crippen molar-refractivity contribution in [2.45, 2.75) is 19.5 Å². The zero-order chi connectivity index (χ0) is 22.4. The molecule has 0 aliphatic carbocycles. The molecule has 3 aromatic carbocycles. The van der Waals surface area contributed by atoms with Crippen molar-refractivity contribution in [3.05, 3.63) is 99.6 Å². The van der Waals surface area contributed by atoms with Gasteiger partial charge in [0.2, 0.25) is 5.91 Å². The zero-order valence-electron chi connectivity index (χ0n) is 17.7. The molecule has 1 unspecified atom stereocenters. The zero-order valence-corrected chi connectivity index (χ0v) is 17.7. The Kier molecular flexibility index (Phi) is 6.99. The summed E-state index contributed by atoms with van der Waals surface area (Å²) in [6.07, 6.45) is 0. The maximum absolute atomic E-state index is 13.3. The SMILES string of the molecule is COc1ccc(CN(C)C(C(=O)Nc2ccc(C)cc2[N+](=O)[O-])c2ccccc2)cc1. The van der Waals surface area contributed by atoms with Gasteiger partial charge in [-0.25, -0.2) is 0 Å². The van der Waals surface area contributed by atoms with Crippen LogP contribution in [0, 0.1) is 17.0 Å². The molecule has 160 valence electrons. The van der Waals surface area contributed by atoms with Crippen molar-refractivity contribution in [2.24, 2.45) is 0 Å². The lowest BCUT2D eigenvalue weighted by Crippen LogP contribution is -2.34. The number of carbonyl (C=O) groups is 1. The van der Waals surface area contributed by atoms with E-state index in [9.17, 15) is 14.9 Å². The van der Waals surface area contributed by atoms with Crippen LogP contribution in [0.4, 0.5) is 11.4 Å². The topological polar surface area (TPSA) is 84.7 Å². The first kappa shape index (κ1) is 22.0. The molecule has 1 atom stereocenters. The van der Waals surface area contributed by atoms with E-state index >= 15 is 0 Å². The normalized spacial score (nSPS) is 11.7. The predicted octanol–water partition coefficient (Wildman–Crippen LogP) is 4.72. The number of nitro groups is 1. The molecular formula is C24H25N3O4. The van der Waals surface area contributed by atoms with Crippen molar-refractivity contribution in [3.63, 3.8) is 0 Å². The second-order valence-corrected chi connectivity index (χ2v) is 7.34. The van der Waals surface area contributed by atoms with Crippen molar-refractivity contribution in [1.29, 1.82) is 0 Å². The number of aryl methyl sites for hydroxylation is 1. The molecule has 0 saturated carbocycles. The summed E-state index contributed by atoms with van der Waals surface area (Å²) in [5, 5.41) is 14.2. The summed E-state index contributed by atoms with van der Waals surface area (Å²) < 4.78 is 5.20. The van der Waals surface area contributed by atoms with Crippen LogP contribution in [0.5, 0.6) is 5.75 Å². The summed E-state index contributed by atoms with van der Waals surface area (Å²) in [5.41, 5.74) is 2.61. The molecule has 0 bridgehead atoms. The minimum absolute atomic E-state index is 0.127. The van der Waals surface area contributed by atoms with E-state index < -0.39 is 11.0 Å². The maximum atomic E-state index is 13.3. The van der Waals surface area contributed by atoms with Crippen LogP contribution >= 0.6 is 0 Å². The molecule has 0 aromatic heterocycles. The smallest absolute Gasteiger partial charge is 0.293 e. The molecule has 0 heterocycles. The van der Waals surface area contributed by atoms with Crippen LogP contribution in [0.25, 0.3) is 0 Å². The van der Waals surface area contributed by atoms with E-state index in [0.717, 1.165) is 22.4 Å². The second-order valence-electron chi connectivity index (χ2n) is 7.34. The fraction of sp³-hybridized carbons (Fsp3) is 0.208. The molecule has 7 heteroatoms. The fourth-order valence-corrected chi connectivity index (χ4v) is 3.45. The van der Waals surface area contributed by atoms with Gasteiger partial charge >= 0.3 is 0 Å². The van der Waals surface area contributed by atoms with Crippen LogP contribution in [-0.2, 0) is 11.3 Å². The third-order valence-electron chi connectivity index (χ3n) is 5.00. The average molecular weight is 419 g/mol. The number of amides is 1. The summed E-state index contributed by atoms with van der Waals surface area (Å²) in [6.45, 7) is 2.28. The molecule has 7 nitrogen and oxygen atoms in total. The standard InChI is InChI=1S/C24H25N3O4/c1-17-9-14-21(22(15-17)27(29)30)25-24(28)23(19-7-5-4-6-8-19)26(2)16-18-10-12-20(31-3)13-11-18/h4-15,23H,16H2,1-3H3,(H,25,28). The number of anilines is 1. The predicted molar refractivity (Wildman–Crippen MR) is 120 cm³/mol. The monoisotopic (exact) mass is 419 g/mol. The summed E-state index contributed by atoms with van der Waals surface area (Å²) in [5.74, 6) is 0.421. The molecule has 3 rings (SSSR count). The molecule has 0 fully saturated rings. The van der Waals surface area contributed by atoms with Gasteiger partial charge < -0.3 is 10.1 Å². The Bertz CT molecular complexity index is 1050. The van der Waals surface area contributed by atoms with Crippen molar-refractivity contribution in [1.82, 2.24) is 4.90 Å². The van der Waals surface area contributed by atoms with Crippen molar-refractivity contribution >= 4 is 17.3 Å². The largest absolute Gasteiger partial charge is 0.497 e. The molecule has 0 radical (unpaired) electrons. The van der Waals surface area contributed by atoms with E-state index in [-0.39, 0.29) is 17.3 Å². The average Bonchev–Trinajstić information content (AvgIpc) is 2.76. The van der Waals surface area contributed by atoms with Crippen LogP contribution in [0.15, 0.2) is 72.8 Å². The Morgan fingerprint density at radius 1 is 1.10 bits per heavy atom. The second kappa shape index (κ2) is 9.86. The lowest BCUT2D eigenvalue weighted by molar-refractivity contribution is -0.384. The van der Waals surface area contributed by atoms with Gasteiger partial charge in [-0.2, -0.15) is 0 Å². The van der Waals surface area contributed by atoms with E-state index in [1.165, 1.54) is 6.07 Å². The third-order valence-corrected chi connectivity index (χ3v) is 5.00. The lowest BCUT2D eigenvalue weighted by atomic mass is 10.0. The van der Waals surface area contributed by atoms with E-state index in [2.05, 4.69) is 5.32 Å². The lowest BCUT2D eigenvalue weighted by Gasteiger charge is -2.27. The number of nitro benzene ring substituents is 1. The Balaban J connectivity index is 1.88. The van der Waals surface area contributed by atoms with Gasteiger partial charge in [-0.3, -0.25) is 19.8 Å². The highest BCUT2D eigenvalue weighted by atomic mass is 16.6. The number of hydrogen-bond acceptors (Lipinski definition) is 5. The molecule has 1 amide bonds. The summed E-state index contributed by atoms with van der Waals surface area (Å²) >= 11 is 0. The van der Waals surface area contributed by atoms with Crippen LogP contribution in [0.3, 0.4) is 0 Å². The van der Waals surface area contributed by atoms with Crippen LogP contribution in [0.2, 0.25) is 0 Å². The van der Waals surface area contributed by atoms with Gasteiger partial charge in [0, 0.05) is 12.6 Å². The molecule has 1 N–H and O–H groups in total. The van der Waals surface area contributed by atoms with Gasteiger partial charge in [0.05, 0.1) is 12.0 Å². The highest BCUT2D eigenvalue weighted by Crippen LogP contribution is 2.29. The molecule has 0 aliphatic rings. The van der Waals surface area contributed by atoms with E-state index in [1.807, 2.05) is 66.5 Å². The number of nitrogens with zero attached hydrogens (tertiary/aromatic N) is 2. The number of nitrogens with one attached hydrogen (secondary N) is 1. The van der Waals surface area contributed by atoms with Gasteiger partial charge in [0.25, 0.3) is 5.69 Å².